The van der Waals surface area contributed by atoms with Crippen molar-refractivity contribution in [3.8, 4) is 0 Å². The Morgan fingerprint density at radius 2 is 1.66 bits per heavy atom. The highest BCUT2D eigenvalue weighted by Gasteiger charge is 2.62. The zero-order valence-electron chi connectivity index (χ0n) is 18.2. The van der Waals surface area contributed by atoms with Gasteiger partial charge in [0.25, 0.3) is 29.1 Å². The number of nitro groups is 2. The zero-order chi connectivity index (χ0) is 25.0. The summed E-state index contributed by atoms with van der Waals surface area (Å²) in [4.78, 5) is 62.1. The van der Waals surface area contributed by atoms with Gasteiger partial charge in [-0.15, -0.1) is 0 Å². The van der Waals surface area contributed by atoms with Gasteiger partial charge >= 0.3 is 0 Å². The Bertz CT molecular complexity index is 1270. The third kappa shape index (κ3) is 3.72. The lowest BCUT2D eigenvalue weighted by atomic mass is 9.81. The molecule has 0 unspecified atom stereocenters. The van der Waals surface area contributed by atoms with Gasteiger partial charge in [0.05, 0.1) is 33.8 Å². The summed E-state index contributed by atoms with van der Waals surface area (Å²) in [6.07, 6.45) is 2.46. The molecule has 0 spiro atoms. The summed E-state index contributed by atoms with van der Waals surface area (Å²) in [5, 5.41) is 24.7. The van der Waals surface area contributed by atoms with Gasteiger partial charge in [-0.05, 0) is 49.3 Å². The molecule has 2 aromatic carbocycles. The van der Waals surface area contributed by atoms with Gasteiger partial charge in [-0.1, -0.05) is 17.7 Å². The third-order valence-corrected chi connectivity index (χ3v) is 7.48. The smallest absolute Gasteiger partial charge is 0.272 e. The van der Waals surface area contributed by atoms with Crippen molar-refractivity contribution in [1.82, 2.24) is 10.0 Å². The number of halogens is 1. The molecule has 1 saturated heterocycles. The van der Waals surface area contributed by atoms with E-state index in [0.29, 0.717) is 0 Å². The first-order chi connectivity index (χ1) is 16.7. The summed E-state index contributed by atoms with van der Waals surface area (Å²) < 4.78 is 0. The molecule has 3 aliphatic rings. The van der Waals surface area contributed by atoms with Gasteiger partial charge in [0.15, 0.2) is 0 Å². The van der Waals surface area contributed by atoms with Crippen molar-refractivity contribution in [3.05, 3.63) is 78.8 Å². The molecule has 2 aliphatic carbocycles. The van der Waals surface area contributed by atoms with Gasteiger partial charge in [-0.2, -0.15) is 5.01 Å². The fourth-order valence-electron chi connectivity index (χ4n) is 5.77. The summed E-state index contributed by atoms with van der Waals surface area (Å²) >= 11 is 5.91. The highest BCUT2D eigenvalue weighted by molar-refractivity contribution is 6.30. The van der Waals surface area contributed by atoms with E-state index in [1.165, 1.54) is 30.3 Å². The van der Waals surface area contributed by atoms with E-state index in [0.717, 1.165) is 41.4 Å². The minimum Gasteiger partial charge on any atom is -0.272 e. The van der Waals surface area contributed by atoms with Crippen LogP contribution in [0.5, 0.6) is 0 Å². The lowest BCUT2D eigenvalue weighted by molar-refractivity contribution is -0.385. The van der Waals surface area contributed by atoms with Crippen molar-refractivity contribution in [3.63, 3.8) is 0 Å². The Balaban J connectivity index is 1.58. The fourth-order valence-corrected chi connectivity index (χ4v) is 5.93. The van der Waals surface area contributed by atoms with Crippen LogP contribution < -0.4 is 0 Å². The maximum Gasteiger partial charge on any atom is 0.275 e. The molecule has 0 N–H and O–H groups in total. The number of hydrogen-bond acceptors (Lipinski definition) is 7. The molecule has 3 amide bonds. The van der Waals surface area contributed by atoms with Crippen molar-refractivity contribution in [2.24, 2.45) is 23.7 Å². The minimum absolute atomic E-state index is 0.0545. The normalized spacial score (nSPS) is 24.5. The molecule has 2 bridgehead atoms. The molecule has 0 aromatic heterocycles. The van der Waals surface area contributed by atoms with Crippen LogP contribution in [0.2, 0.25) is 5.02 Å². The second-order valence-electron chi connectivity index (χ2n) is 9.07. The summed E-state index contributed by atoms with van der Waals surface area (Å²) in [6.45, 7) is -0.471. The second-order valence-corrected chi connectivity index (χ2v) is 9.51. The summed E-state index contributed by atoms with van der Waals surface area (Å²) in [5.41, 5.74) is -0.800. The van der Waals surface area contributed by atoms with E-state index in [1.54, 1.807) is 0 Å². The number of carbonyl (C=O) groups excluding carboxylic acids is 3. The first-order valence-electron chi connectivity index (χ1n) is 11.0. The van der Waals surface area contributed by atoms with Crippen LogP contribution in [-0.2, 0) is 16.1 Å². The molecular weight excluding hydrogens is 480 g/mol. The van der Waals surface area contributed by atoms with E-state index >= 15 is 0 Å². The number of rotatable bonds is 6. The highest BCUT2D eigenvalue weighted by atomic mass is 35.5. The summed E-state index contributed by atoms with van der Waals surface area (Å²) in [7, 11) is 0. The Morgan fingerprint density at radius 1 is 1.00 bits per heavy atom. The molecule has 1 heterocycles. The molecule has 3 fully saturated rings. The van der Waals surface area contributed by atoms with Crippen LogP contribution in [0.3, 0.4) is 0 Å². The first kappa shape index (κ1) is 22.9. The molecule has 4 atom stereocenters. The van der Waals surface area contributed by atoms with E-state index in [9.17, 15) is 34.6 Å². The Labute approximate surface area is 203 Å². The number of nitro benzene ring substituents is 2. The van der Waals surface area contributed by atoms with Gasteiger partial charge < -0.3 is 0 Å². The molecule has 180 valence electrons. The number of non-ortho nitro benzene ring substituents is 1. The molecule has 2 saturated carbocycles. The van der Waals surface area contributed by atoms with Crippen LogP contribution >= 0.6 is 11.6 Å². The molecule has 12 heteroatoms. The maximum atomic E-state index is 13.6. The van der Waals surface area contributed by atoms with E-state index in [1.807, 2.05) is 0 Å². The first-order valence-corrected chi connectivity index (χ1v) is 11.4. The molecule has 11 nitrogen and oxygen atoms in total. The predicted octanol–water partition coefficient (Wildman–Crippen LogP) is 3.74. The van der Waals surface area contributed by atoms with E-state index in [-0.39, 0.29) is 39.4 Å². The molecule has 0 radical (unpaired) electrons. The minimum atomic E-state index is -0.855. The number of carbonyl (C=O) groups is 3. The van der Waals surface area contributed by atoms with Crippen LogP contribution in [0.25, 0.3) is 0 Å². The van der Waals surface area contributed by atoms with Gasteiger partial charge in [0.1, 0.15) is 0 Å². The average Bonchev–Trinajstić information content (AvgIpc) is 3.52. The van der Waals surface area contributed by atoms with Gasteiger partial charge in [-0.25, -0.2) is 5.01 Å². The molecule has 5 rings (SSSR count). The monoisotopic (exact) mass is 498 g/mol. The SMILES string of the molecule is O=C(c1cccc([N+](=O)[O-])c1)N(Cc1ccc(Cl)cc1[N+](=O)[O-])N1C(=O)[C@@H]2[C@H]3CC[C@@H](C3)[C@H]2C1=O. The maximum absolute atomic E-state index is 13.6. The van der Waals surface area contributed by atoms with Crippen LogP contribution in [-0.4, -0.2) is 37.6 Å². The van der Waals surface area contributed by atoms with Crippen molar-refractivity contribution < 1.29 is 24.2 Å². The molecule has 2 aromatic rings. The number of fused-ring (bicyclic) bond motifs is 5. The van der Waals surface area contributed by atoms with Crippen LogP contribution in [0, 0.1) is 43.9 Å². The summed E-state index contributed by atoms with van der Waals surface area (Å²) in [5.74, 6) is -2.81. The van der Waals surface area contributed by atoms with Crippen LogP contribution in [0.4, 0.5) is 11.4 Å². The van der Waals surface area contributed by atoms with Crippen molar-refractivity contribution in [2.45, 2.75) is 25.8 Å². The number of hydrazine groups is 1. The van der Waals surface area contributed by atoms with Crippen LogP contribution in [0.1, 0.15) is 35.2 Å². The topological polar surface area (TPSA) is 144 Å². The average molecular weight is 499 g/mol. The Morgan fingerprint density at radius 3 is 2.26 bits per heavy atom. The van der Waals surface area contributed by atoms with Crippen LogP contribution in [0.15, 0.2) is 42.5 Å². The standard InChI is InChI=1S/C23H19ClN4O7/c24-16-7-6-15(18(10-16)28(34)35)11-25(21(29)14-2-1-3-17(9-14)27(32)33)26-22(30)19-12-4-5-13(8-12)20(19)23(26)31/h1-3,6-7,9-10,12-13,19-20H,4-5,8,11H2/t12-,13-,19+,20+/m0/s1. The lowest BCUT2D eigenvalue weighted by Crippen LogP contribution is -2.50. The van der Waals surface area contributed by atoms with Crippen molar-refractivity contribution in [2.75, 3.05) is 0 Å². The van der Waals surface area contributed by atoms with E-state index in [4.69, 9.17) is 11.6 Å². The van der Waals surface area contributed by atoms with E-state index < -0.39 is 45.9 Å². The van der Waals surface area contributed by atoms with Gasteiger partial charge in [0, 0.05) is 28.8 Å². The highest BCUT2D eigenvalue weighted by Crippen LogP contribution is 2.56. The third-order valence-electron chi connectivity index (χ3n) is 7.25. The predicted molar refractivity (Wildman–Crippen MR) is 121 cm³/mol. The number of nitrogens with zero attached hydrogens (tertiary/aromatic N) is 4. The van der Waals surface area contributed by atoms with Crippen molar-refractivity contribution >= 4 is 40.7 Å². The molecule has 1 aliphatic heterocycles. The second kappa shape index (κ2) is 8.42. The van der Waals surface area contributed by atoms with E-state index in [2.05, 4.69) is 0 Å². The zero-order valence-corrected chi connectivity index (χ0v) is 19.0. The lowest BCUT2D eigenvalue weighted by Gasteiger charge is -2.31. The largest absolute Gasteiger partial charge is 0.275 e. The molecular formula is C23H19ClN4O7. The number of benzene rings is 2. The van der Waals surface area contributed by atoms with Gasteiger partial charge in [-0.3, -0.25) is 34.6 Å². The fraction of sp³-hybridized carbons (Fsp3) is 0.348. The quantitative estimate of drug-likeness (QED) is 0.335. The number of imide groups is 1. The van der Waals surface area contributed by atoms with Crippen molar-refractivity contribution in [1.29, 1.82) is 0 Å². The Hall–Kier alpha value is -3.86. The molecule has 35 heavy (non-hydrogen) atoms. The Kier molecular flexibility index (Phi) is 5.51. The number of amides is 3. The summed E-state index contributed by atoms with van der Waals surface area (Å²) in [6, 6.07) is 8.77. The van der Waals surface area contributed by atoms with Gasteiger partial charge in [0.2, 0.25) is 0 Å². The number of hydrogen-bond donors (Lipinski definition) is 0.